The molecule has 0 saturated carbocycles. The van der Waals surface area contributed by atoms with Gasteiger partial charge < -0.3 is 24.3 Å². The Morgan fingerprint density at radius 1 is 1.19 bits per heavy atom. The lowest BCUT2D eigenvalue weighted by Gasteiger charge is -2.22. The number of ether oxygens (including phenoxy) is 2. The summed E-state index contributed by atoms with van der Waals surface area (Å²) >= 11 is 5.97. The SMILES string of the molecule is CCC[C@@H](NC(=O)OC(C)(C)C)C(=O)Oc1cc(O)c2c(=O)c3ccc(Cl)cc3oc2c1. The molecule has 1 atom stereocenters. The molecule has 32 heavy (non-hydrogen) atoms. The number of rotatable bonds is 5. The minimum atomic E-state index is -0.963. The first-order valence-electron chi connectivity index (χ1n) is 10.1. The normalized spacial score (nSPS) is 12.5. The van der Waals surface area contributed by atoms with Gasteiger partial charge in [-0.2, -0.15) is 0 Å². The standard InChI is InChI=1S/C23H24ClNO7/c1-5-6-15(25-22(29)32-23(2,3)4)21(28)30-13-10-16(26)19-18(11-13)31-17-9-12(24)7-8-14(17)20(19)27/h7-11,15,26H,5-6H2,1-4H3,(H,25,29)/t15-/m1/s1. The molecule has 1 amide bonds. The van der Waals surface area contributed by atoms with Crippen LogP contribution < -0.4 is 15.5 Å². The van der Waals surface area contributed by atoms with Gasteiger partial charge in [-0.15, -0.1) is 0 Å². The molecule has 1 heterocycles. The Hall–Kier alpha value is -3.26. The summed E-state index contributed by atoms with van der Waals surface area (Å²) in [7, 11) is 0. The van der Waals surface area contributed by atoms with Crippen molar-refractivity contribution in [3.8, 4) is 11.5 Å². The number of carbonyl (C=O) groups is 2. The number of alkyl carbamates (subject to hydrolysis) is 1. The molecule has 0 aliphatic rings. The third-order valence-electron chi connectivity index (χ3n) is 4.46. The van der Waals surface area contributed by atoms with Gasteiger partial charge in [-0.25, -0.2) is 9.59 Å². The minimum Gasteiger partial charge on any atom is -0.507 e. The van der Waals surface area contributed by atoms with Crippen LogP contribution in [0.1, 0.15) is 40.5 Å². The fraction of sp³-hybridized carbons (Fsp3) is 0.348. The molecule has 170 valence electrons. The van der Waals surface area contributed by atoms with E-state index < -0.39 is 34.9 Å². The van der Waals surface area contributed by atoms with E-state index in [0.29, 0.717) is 17.9 Å². The van der Waals surface area contributed by atoms with E-state index in [0.717, 1.165) is 6.07 Å². The summed E-state index contributed by atoms with van der Waals surface area (Å²) in [5, 5.41) is 13.5. The molecule has 2 N–H and O–H groups in total. The van der Waals surface area contributed by atoms with Crippen molar-refractivity contribution in [1.29, 1.82) is 0 Å². The fourth-order valence-electron chi connectivity index (χ4n) is 3.14. The molecule has 0 bridgehead atoms. The van der Waals surface area contributed by atoms with Gasteiger partial charge in [0.2, 0.25) is 5.43 Å². The van der Waals surface area contributed by atoms with E-state index in [4.69, 9.17) is 25.5 Å². The molecular formula is C23H24ClNO7. The second-order valence-corrected chi connectivity index (χ2v) is 8.73. The fourth-order valence-corrected chi connectivity index (χ4v) is 3.30. The number of carbonyl (C=O) groups excluding carboxylic acids is 2. The average molecular weight is 462 g/mol. The number of hydrogen-bond acceptors (Lipinski definition) is 7. The van der Waals surface area contributed by atoms with Gasteiger partial charge >= 0.3 is 12.1 Å². The lowest BCUT2D eigenvalue weighted by Crippen LogP contribution is -2.45. The van der Waals surface area contributed by atoms with Crippen molar-refractivity contribution >= 4 is 45.6 Å². The number of fused-ring (bicyclic) bond motifs is 2. The Balaban J connectivity index is 1.91. The molecule has 0 unspecified atom stereocenters. The summed E-state index contributed by atoms with van der Waals surface area (Å²) < 4.78 is 16.3. The highest BCUT2D eigenvalue weighted by Crippen LogP contribution is 2.31. The molecular weight excluding hydrogens is 438 g/mol. The predicted octanol–water partition coefficient (Wildman–Crippen LogP) is 4.90. The molecule has 8 nitrogen and oxygen atoms in total. The molecule has 2 aromatic carbocycles. The quantitative estimate of drug-likeness (QED) is 0.315. The summed E-state index contributed by atoms with van der Waals surface area (Å²) in [5.41, 5.74) is -0.908. The van der Waals surface area contributed by atoms with Crippen LogP contribution in [0.2, 0.25) is 5.02 Å². The Bertz CT molecular complexity index is 1240. The van der Waals surface area contributed by atoms with Crippen molar-refractivity contribution in [3.63, 3.8) is 0 Å². The molecule has 3 rings (SSSR count). The van der Waals surface area contributed by atoms with E-state index in [1.165, 1.54) is 18.2 Å². The number of esters is 1. The minimum absolute atomic E-state index is 0.0275. The zero-order chi connectivity index (χ0) is 23.6. The van der Waals surface area contributed by atoms with E-state index in [1.807, 2.05) is 6.92 Å². The van der Waals surface area contributed by atoms with Gasteiger partial charge in [-0.05, 0) is 39.3 Å². The molecule has 9 heteroatoms. The monoisotopic (exact) mass is 461 g/mol. The maximum atomic E-state index is 12.8. The van der Waals surface area contributed by atoms with Gasteiger partial charge in [0.05, 0.1) is 5.39 Å². The summed E-state index contributed by atoms with van der Waals surface area (Å²) in [6, 6.07) is 6.05. The van der Waals surface area contributed by atoms with Crippen LogP contribution in [0.25, 0.3) is 21.9 Å². The van der Waals surface area contributed by atoms with Gasteiger partial charge in [-0.1, -0.05) is 24.9 Å². The Labute approximate surface area is 189 Å². The summed E-state index contributed by atoms with van der Waals surface area (Å²) in [5.74, 6) is -1.19. The summed E-state index contributed by atoms with van der Waals surface area (Å²) in [6.45, 7) is 6.98. The number of nitrogens with one attached hydrogen (secondary N) is 1. The van der Waals surface area contributed by atoms with Crippen molar-refractivity contribution in [2.75, 3.05) is 0 Å². The highest BCUT2D eigenvalue weighted by atomic mass is 35.5. The first-order valence-corrected chi connectivity index (χ1v) is 10.5. The van der Waals surface area contributed by atoms with Gasteiger partial charge in [0.15, 0.2) is 0 Å². The lowest BCUT2D eigenvalue weighted by molar-refractivity contribution is -0.137. The van der Waals surface area contributed by atoms with Gasteiger partial charge in [-0.3, -0.25) is 4.79 Å². The van der Waals surface area contributed by atoms with Crippen LogP contribution in [0.5, 0.6) is 11.5 Å². The smallest absolute Gasteiger partial charge is 0.408 e. The van der Waals surface area contributed by atoms with Crippen LogP contribution in [-0.4, -0.2) is 28.8 Å². The number of hydrogen-bond donors (Lipinski definition) is 2. The zero-order valence-electron chi connectivity index (χ0n) is 18.2. The molecule has 3 aromatic rings. The molecule has 0 aliphatic heterocycles. The van der Waals surface area contributed by atoms with Crippen LogP contribution in [0.15, 0.2) is 39.5 Å². The van der Waals surface area contributed by atoms with E-state index in [1.54, 1.807) is 26.8 Å². The number of amides is 1. The molecule has 0 saturated heterocycles. The van der Waals surface area contributed by atoms with E-state index >= 15 is 0 Å². The van der Waals surface area contributed by atoms with Crippen LogP contribution >= 0.6 is 11.6 Å². The van der Waals surface area contributed by atoms with Crippen LogP contribution in [0, 0.1) is 0 Å². The number of halogens is 1. The highest BCUT2D eigenvalue weighted by molar-refractivity contribution is 6.31. The van der Waals surface area contributed by atoms with E-state index in [-0.39, 0.29) is 27.7 Å². The molecule has 0 aliphatic carbocycles. The maximum Gasteiger partial charge on any atom is 0.408 e. The Morgan fingerprint density at radius 3 is 2.56 bits per heavy atom. The molecule has 0 radical (unpaired) electrons. The van der Waals surface area contributed by atoms with Crippen molar-refractivity contribution < 1.29 is 28.6 Å². The van der Waals surface area contributed by atoms with Crippen LogP contribution in [0.3, 0.4) is 0 Å². The second-order valence-electron chi connectivity index (χ2n) is 8.30. The zero-order valence-corrected chi connectivity index (χ0v) is 18.9. The number of phenols is 1. The number of aromatic hydroxyl groups is 1. The molecule has 0 fully saturated rings. The van der Waals surface area contributed by atoms with Gasteiger partial charge in [0.1, 0.15) is 39.7 Å². The van der Waals surface area contributed by atoms with Crippen molar-refractivity contribution in [3.05, 3.63) is 45.6 Å². The van der Waals surface area contributed by atoms with Crippen LogP contribution in [-0.2, 0) is 9.53 Å². The van der Waals surface area contributed by atoms with Gasteiger partial charge in [0, 0.05) is 23.2 Å². The Morgan fingerprint density at radius 2 is 1.91 bits per heavy atom. The highest BCUT2D eigenvalue weighted by Gasteiger charge is 2.26. The largest absolute Gasteiger partial charge is 0.507 e. The first kappa shape index (κ1) is 23.4. The summed E-state index contributed by atoms with van der Waals surface area (Å²) in [4.78, 5) is 37.5. The topological polar surface area (TPSA) is 115 Å². The maximum absolute atomic E-state index is 12.8. The van der Waals surface area contributed by atoms with E-state index in [9.17, 15) is 19.5 Å². The molecule has 0 spiro atoms. The number of phenolic OH excluding ortho intramolecular Hbond substituents is 1. The average Bonchev–Trinajstić information content (AvgIpc) is 2.65. The Kier molecular flexibility index (Phi) is 6.64. The second kappa shape index (κ2) is 9.08. The van der Waals surface area contributed by atoms with Gasteiger partial charge in [0.25, 0.3) is 0 Å². The third-order valence-corrected chi connectivity index (χ3v) is 4.70. The third kappa shape index (κ3) is 5.31. The van der Waals surface area contributed by atoms with Crippen molar-refractivity contribution in [1.82, 2.24) is 5.32 Å². The van der Waals surface area contributed by atoms with Crippen molar-refractivity contribution in [2.45, 2.75) is 52.2 Å². The lowest BCUT2D eigenvalue weighted by atomic mass is 10.1. The summed E-state index contributed by atoms with van der Waals surface area (Å²) in [6.07, 6.45) is 0.166. The van der Waals surface area contributed by atoms with Crippen LogP contribution in [0.4, 0.5) is 4.79 Å². The van der Waals surface area contributed by atoms with E-state index in [2.05, 4.69) is 5.32 Å². The first-order chi connectivity index (χ1) is 15.0. The van der Waals surface area contributed by atoms with Crippen molar-refractivity contribution in [2.24, 2.45) is 0 Å². The molecule has 1 aromatic heterocycles. The number of benzene rings is 2. The predicted molar refractivity (Wildman–Crippen MR) is 120 cm³/mol.